The number of benzene rings is 3. The van der Waals surface area contributed by atoms with Crippen molar-refractivity contribution in [2.75, 3.05) is 37.7 Å². The molecular formula is C29H30F2N2O2S. The maximum absolute atomic E-state index is 13.5. The normalized spacial score (nSPS) is 19.9. The molecule has 0 bridgehead atoms. The summed E-state index contributed by atoms with van der Waals surface area (Å²) in [5.74, 6) is -0.530. The first kappa shape index (κ1) is 24.9. The van der Waals surface area contributed by atoms with Crippen LogP contribution in [0.3, 0.4) is 0 Å². The summed E-state index contributed by atoms with van der Waals surface area (Å²) in [6.45, 7) is 3.65. The zero-order chi connectivity index (χ0) is 25.1. The van der Waals surface area contributed by atoms with Gasteiger partial charge in [0.1, 0.15) is 17.7 Å². The second kappa shape index (κ2) is 10.7. The molecule has 1 atom stereocenters. The quantitative estimate of drug-likeness (QED) is 0.428. The van der Waals surface area contributed by atoms with Crippen LogP contribution in [-0.4, -0.2) is 48.8 Å². The molecule has 5 rings (SSSR count). The highest BCUT2D eigenvalue weighted by Crippen LogP contribution is 2.45. The molecule has 36 heavy (non-hydrogen) atoms. The minimum Gasteiger partial charge on any atom is -0.367 e. The van der Waals surface area contributed by atoms with Crippen LogP contribution in [0.5, 0.6) is 0 Å². The Morgan fingerprint density at radius 1 is 0.889 bits per heavy atom. The number of piperidine rings is 1. The van der Waals surface area contributed by atoms with E-state index in [0.29, 0.717) is 13.2 Å². The van der Waals surface area contributed by atoms with Gasteiger partial charge in [-0.15, -0.1) is 0 Å². The maximum Gasteiger partial charge on any atom is 0.240 e. The van der Waals surface area contributed by atoms with Crippen molar-refractivity contribution in [2.45, 2.75) is 24.2 Å². The lowest BCUT2D eigenvalue weighted by Crippen LogP contribution is -2.46. The molecular weight excluding hydrogens is 478 g/mol. The molecule has 2 aliphatic heterocycles. The predicted octanol–water partition coefficient (Wildman–Crippen LogP) is 5.50. The number of ether oxygens (including phenoxy) is 1. The van der Waals surface area contributed by atoms with Crippen LogP contribution in [0, 0.1) is 17.0 Å². The summed E-state index contributed by atoms with van der Waals surface area (Å²) < 4.78 is 33.2. The number of nitrogens with zero attached hydrogens (tertiary/aromatic N) is 2. The fourth-order valence-corrected chi connectivity index (χ4v) is 5.81. The van der Waals surface area contributed by atoms with E-state index in [2.05, 4.69) is 4.90 Å². The summed E-state index contributed by atoms with van der Waals surface area (Å²) in [7, 11) is 0. The Labute approximate surface area is 216 Å². The standard InChI is InChI=1S/C29H30F2N2O2S/c30-23-10-6-21(7-11-23)26(22-8-12-24(31)13-9-22)35-19-18-32-16-14-29(15-17-32)20-33(28(34)27(29)36)25-4-2-1-3-5-25/h1-13,26-27,36H,14-20H2. The number of anilines is 1. The summed E-state index contributed by atoms with van der Waals surface area (Å²) >= 11 is 4.76. The zero-order valence-electron chi connectivity index (χ0n) is 20.0. The molecule has 0 aromatic heterocycles. The summed E-state index contributed by atoms with van der Waals surface area (Å²) in [6.07, 6.45) is 1.39. The number of para-hydroxylation sites is 1. The van der Waals surface area contributed by atoms with Gasteiger partial charge in [-0.1, -0.05) is 42.5 Å². The second-order valence-corrected chi connectivity index (χ2v) is 10.2. The number of hydrogen-bond acceptors (Lipinski definition) is 4. The molecule has 1 amide bonds. The average molecular weight is 509 g/mol. The number of halogens is 2. The lowest BCUT2D eigenvalue weighted by Gasteiger charge is -2.40. The molecule has 2 heterocycles. The molecule has 4 nitrogen and oxygen atoms in total. The first-order valence-corrected chi connectivity index (χ1v) is 12.9. The van der Waals surface area contributed by atoms with Crippen molar-refractivity contribution in [3.63, 3.8) is 0 Å². The molecule has 1 spiro atoms. The van der Waals surface area contributed by atoms with E-state index < -0.39 is 6.10 Å². The van der Waals surface area contributed by atoms with Crippen molar-refractivity contribution >= 4 is 24.2 Å². The Morgan fingerprint density at radius 2 is 1.44 bits per heavy atom. The number of thiol groups is 1. The fourth-order valence-electron chi connectivity index (χ4n) is 5.33. The zero-order valence-corrected chi connectivity index (χ0v) is 20.9. The van der Waals surface area contributed by atoms with E-state index in [0.717, 1.165) is 49.3 Å². The van der Waals surface area contributed by atoms with Gasteiger partial charge < -0.3 is 14.5 Å². The smallest absolute Gasteiger partial charge is 0.240 e. The van der Waals surface area contributed by atoms with E-state index in [1.54, 1.807) is 24.3 Å². The van der Waals surface area contributed by atoms with E-state index in [1.165, 1.54) is 24.3 Å². The van der Waals surface area contributed by atoms with Crippen LogP contribution in [0.15, 0.2) is 78.9 Å². The molecule has 0 saturated carbocycles. The van der Waals surface area contributed by atoms with Gasteiger partial charge in [0, 0.05) is 24.2 Å². The van der Waals surface area contributed by atoms with Crippen molar-refractivity contribution in [3.05, 3.63) is 102 Å². The van der Waals surface area contributed by atoms with Crippen LogP contribution in [0.1, 0.15) is 30.1 Å². The summed E-state index contributed by atoms with van der Waals surface area (Å²) in [4.78, 5) is 17.2. The molecule has 2 saturated heterocycles. The van der Waals surface area contributed by atoms with Crippen molar-refractivity contribution in [2.24, 2.45) is 5.41 Å². The molecule has 0 N–H and O–H groups in total. The molecule has 3 aromatic rings. The summed E-state index contributed by atoms with van der Waals surface area (Å²) in [5.41, 5.74) is 2.45. The van der Waals surface area contributed by atoms with Crippen molar-refractivity contribution in [1.29, 1.82) is 0 Å². The van der Waals surface area contributed by atoms with Crippen LogP contribution in [-0.2, 0) is 9.53 Å². The molecule has 0 aliphatic carbocycles. The van der Waals surface area contributed by atoms with Gasteiger partial charge in [-0.05, 0) is 73.5 Å². The second-order valence-electron chi connectivity index (χ2n) is 9.72. The molecule has 188 valence electrons. The molecule has 1 unspecified atom stereocenters. The van der Waals surface area contributed by atoms with Crippen molar-refractivity contribution < 1.29 is 18.3 Å². The Hall–Kier alpha value is -2.74. The van der Waals surface area contributed by atoms with Gasteiger partial charge in [0.15, 0.2) is 0 Å². The van der Waals surface area contributed by atoms with Gasteiger partial charge in [-0.25, -0.2) is 8.78 Å². The molecule has 2 fully saturated rings. The monoisotopic (exact) mass is 508 g/mol. The van der Waals surface area contributed by atoms with Crippen LogP contribution < -0.4 is 4.90 Å². The van der Waals surface area contributed by atoms with E-state index in [4.69, 9.17) is 17.4 Å². The van der Waals surface area contributed by atoms with Gasteiger partial charge in [-0.3, -0.25) is 4.79 Å². The first-order valence-electron chi connectivity index (χ1n) is 12.3. The fraction of sp³-hybridized carbons (Fsp3) is 0.345. The molecule has 0 radical (unpaired) electrons. The molecule has 2 aliphatic rings. The van der Waals surface area contributed by atoms with E-state index in [1.807, 2.05) is 35.2 Å². The highest BCUT2D eigenvalue weighted by molar-refractivity contribution is 7.82. The van der Waals surface area contributed by atoms with Gasteiger partial charge in [-0.2, -0.15) is 12.6 Å². The van der Waals surface area contributed by atoms with Gasteiger partial charge in [0.25, 0.3) is 0 Å². The van der Waals surface area contributed by atoms with Gasteiger partial charge in [0.2, 0.25) is 5.91 Å². The largest absolute Gasteiger partial charge is 0.367 e. The third kappa shape index (κ3) is 5.19. The topological polar surface area (TPSA) is 32.8 Å². The number of likely N-dealkylation sites (tertiary alicyclic amines) is 1. The Morgan fingerprint density at radius 3 is 2.00 bits per heavy atom. The Balaban J connectivity index is 1.19. The van der Waals surface area contributed by atoms with E-state index >= 15 is 0 Å². The minimum absolute atomic E-state index is 0.0859. The highest BCUT2D eigenvalue weighted by Gasteiger charge is 2.51. The van der Waals surface area contributed by atoms with Crippen LogP contribution in [0.4, 0.5) is 14.5 Å². The predicted molar refractivity (Wildman–Crippen MR) is 140 cm³/mol. The van der Waals surface area contributed by atoms with Crippen LogP contribution in [0.2, 0.25) is 0 Å². The third-order valence-corrected chi connectivity index (χ3v) is 8.28. The van der Waals surface area contributed by atoms with Gasteiger partial charge in [0.05, 0.1) is 11.9 Å². The van der Waals surface area contributed by atoms with E-state index in [9.17, 15) is 13.6 Å². The Bertz CT molecular complexity index is 1120. The molecule has 7 heteroatoms. The number of carbonyl (C=O) groups is 1. The minimum atomic E-state index is -0.406. The SMILES string of the molecule is O=C1C(S)C2(CCN(CCOC(c3ccc(F)cc3)c3ccc(F)cc3)CC2)CN1c1ccccc1. The van der Waals surface area contributed by atoms with Gasteiger partial charge >= 0.3 is 0 Å². The van der Waals surface area contributed by atoms with Crippen LogP contribution in [0.25, 0.3) is 0 Å². The maximum atomic E-state index is 13.5. The highest BCUT2D eigenvalue weighted by atomic mass is 32.1. The lowest BCUT2D eigenvalue weighted by molar-refractivity contribution is -0.117. The Kier molecular flexibility index (Phi) is 7.42. The van der Waals surface area contributed by atoms with Crippen molar-refractivity contribution in [3.8, 4) is 0 Å². The first-order chi connectivity index (χ1) is 17.4. The number of amides is 1. The molecule has 3 aromatic carbocycles. The number of carbonyl (C=O) groups excluding carboxylic acids is 1. The lowest BCUT2D eigenvalue weighted by atomic mass is 9.77. The number of hydrogen-bond donors (Lipinski definition) is 1. The van der Waals surface area contributed by atoms with Crippen LogP contribution >= 0.6 is 12.6 Å². The third-order valence-electron chi connectivity index (χ3n) is 7.51. The van der Waals surface area contributed by atoms with Crippen molar-refractivity contribution in [1.82, 2.24) is 4.90 Å². The van der Waals surface area contributed by atoms with E-state index in [-0.39, 0.29) is 28.2 Å². The summed E-state index contributed by atoms with van der Waals surface area (Å²) in [5, 5.41) is -0.294. The summed E-state index contributed by atoms with van der Waals surface area (Å²) in [6, 6.07) is 22.3. The average Bonchev–Trinajstić information content (AvgIpc) is 3.15. The number of rotatable bonds is 7.